The van der Waals surface area contributed by atoms with E-state index in [1.54, 1.807) is 0 Å². The first-order chi connectivity index (χ1) is 8.06. The minimum atomic E-state index is -0.422. The Hall–Kier alpha value is -0.580. The molecular weight excluding hydrogens is 308 g/mol. The van der Waals surface area contributed by atoms with Gasteiger partial charge >= 0.3 is 0 Å². The highest BCUT2D eigenvalue weighted by Crippen LogP contribution is 2.36. The standard InChI is InChI=1S/C12H12BrClFNO/c1-3-16-5-9-6(2)10-11(15)8(14)4-7(13)12(10)17-9/h4,16H,3,5H2,1-2H3. The normalized spacial score (nSPS) is 11.4. The van der Waals surface area contributed by atoms with Crippen LogP contribution in [0, 0.1) is 12.7 Å². The van der Waals surface area contributed by atoms with Crippen LogP contribution in [-0.2, 0) is 6.54 Å². The molecule has 0 fully saturated rings. The zero-order valence-electron chi connectivity index (χ0n) is 9.53. The molecule has 0 saturated heterocycles. The van der Waals surface area contributed by atoms with E-state index in [0.29, 0.717) is 22.0 Å². The molecule has 1 N–H and O–H groups in total. The molecule has 1 heterocycles. The molecule has 1 aromatic heterocycles. The van der Waals surface area contributed by atoms with Crippen LogP contribution >= 0.6 is 27.5 Å². The summed E-state index contributed by atoms with van der Waals surface area (Å²) in [5.74, 6) is 0.317. The Balaban J connectivity index is 2.65. The van der Waals surface area contributed by atoms with Crippen LogP contribution in [0.25, 0.3) is 11.0 Å². The fourth-order valence-electron chi connectivity index (χ4n) is 1.76. The molecule has 2 rings (SSSR count). The van der Waals surface area contributed by atoms with Crippen LogP contribution in [0.2, 0.25) is 5.02 Å². The summed E-state index contributed by atoms with van der Waals surface area (Å²) < 4.78 is 20.3. The Kier molecular flexibility index (Phi) is 3.76. The predicted molar refractivity (Wildman–Crippen MR) is 71.0 cm³/mol. The molecule has 0 saturated carbocycles. The molecule has 0 aliphatic rings. The van der Waals surface area contributed by atoms with Crippen molar-refractivity contribution in [3.63, 3.8) is 0 Å². The number of benzene rings is 1. The van der Waals surface area contributed by atoms with E-state index in [4.69, 9.17) is 16.0 Å². The van der Waals surface area contributed by atoms with E-state index in [9.17, 15) is 4.39 Å². The predicted octanol–water partition coefficient (Wildman–Crippen LogP) is 4.41. The zero-order valence-corrected chi connectivity index (χ0v) is 11.9. The molecule has 0 aliphatic heterocycles. The van der Waals surface area contributed by atoms with Crippen LogP contribution in [0.3, 0.4) is 0 Å². The summed E-state index contributed by atoms with van der Waals surface area (Å²) in [7, 11) is 0. The van der Waals surface area contributed by atoms with Gasteiger partial charge in [-0.05, 0) is 35.5 Å². The van der Waals surface area contributed by atoms with E-state index in [1.165, 1.54) is 6.07 Å². The first-order valence-corrected chi connectivity index (χ1v) is 6.49. The quantitative estimate of drug-likeness (QED) is 0.848. The summed E-state index contributed by atoms with van der Waals surface area (Å²) >= 11 is 9.15. The molecule has 0 atom stereocenters. The number of furan rings is 1. The Morgan fingerprint density at radius 1 is 1.53 bits per heavy atom. The van der Waals surface area contributed by atoms with E-state index in [1.807, 2.05) is 13.8 Å². The first-order valence-electron chi connectivity index (χ1n) is 5.32. The second-order valence-corrected chi connectivity index (χ2v) is 5.05. The zero-order chi connectivity index (χ0) is 12.6. The molecule has 2 nitrogen and oxygen atoms in total. The number of nitrogens with one attached hydrogen (secondary N) is 1. The number of rotatable bonds is 3. The van der Waals surface area contributed by atoms with Crippen LogP contribution in [-0.4, -0.2) is 6.54 Å². The van der Waals surface area contributed by atoms with E-state index in [-0.39, 0.29) is 5.02 Å². The average Bonchev–Trinajstić information content (AvgIpc) is 2.62. The Labute approximate surface area is 112 Å². The fraction of sp³-hybridized carbons (Fsp3) is 0.333. The van der Waals surface area contributed by atoms with Gasteiger partial charge in [0.2, 0.25) is 0 Å². The van der Waals surface area contributed by atoms with Crippen molar-refractivity contribution < 1.29 is 8.81 Å². The van der Waals surface area contributed by atoms with Crippen molar-refractivity contribution in [3.05, 3.63) is 32.7 Å². The molecule has 0 unspecified atom stereocenters. The van der Waals surface area contributed by atoms with Gasteiger partial charge in [-0.15, -0.1) is 0 Å². The minimum Gasteiger partial charge on any atom is -0.458 e. The van der Waals surface area contributed by atoms with Crippen molar-refractivity contribution in [2.75, 3.05) is 6.54 Å². The molecular formula is C12H12BrClFNO. The molecule has 92 valence electrons. The lowest BCUT2D eigenvalue weighted by Crippen LogP contribution is -2.11. The van der Waals surface area contributed by atoms with Gasteiger partial charge in [-0.3, -0.25) is 0 Å². The lowest BCUT2D eigenvalue weighted by Gasteiger charge is -1.99. The summed E-state index contributed by atoms with van der Waals surface area (Å²) in [6.07, 6.45) is 0. The molecule has 0 amide bonds. The fourth-order valence-corrected chi connectivity index (χ4v) is 2.60. The second kappa shape index (κ2) is 4.96. The molecule has 2 aromatic rings. The third-order valence-corrected chi connectivity index (χ3v) is 3.54. The Morgan fingerprint density at radius 2 is 2.24 bits per heavy atom. The number of hydrogen-bond acceptors (Lipinski definition) is 2. The van der Waals surface area contributed by atoms with Crippen LogP contribution in [0.15, 0.2) is 15.0 Å². The van der Waals surface area contributed by atoms with Crippen LogP contribution < -0.4 is 5.32 Å². The maximum atomic E-state index is 13.9. The Bertz CT molecular complexity index is 567. The number of fused-ring (bicyclic) bond motifs is 1. The van der Waals surface area contributed by atoms with Crippen LogP contribution in [0.5, 0.6) is 0 Å². The highest BCUT2D eigenvalue weighted by molar-refractivity contribution is 9.10. The van der Waals surface area contributed by atoms with Gasteiger partial charge in [0.15, 0.2) is 11.4 Å². The Morgan fingerprint density at radius 3 is 2.88 bits per heavy atom. The molecule has 5 heteroatoms. The van der Waals surface area contributed by atoms with Gasteiger partial charge in [0.05, 0.1) is 21.4 Å². The van der Waals surface area contributed by atoms with Crippen LogP contribution in [0.1, 0.15) is 18.2 Å². The number of halogens is 3. The SMILES string of the molecule is CCNCc1oc2c(Br)cc(Cl)c(F)c2c1C. The van der Waals surface area contributed by atoms with Gasteiger partial charge in [-0.1, -0.05) is 18.5 Å². The van der Waals surface area contributed by atoms with Gasteiger partial charge in [0, 0.05) is 5.56 Å². The number of aryl methyl sites for hydroxylation is 1. The average molecular weight is 321 g/mol. The maximum absolute atomic E-state index is 13.9. The maximum Gasteiger partial charge on any atom is 0.153 e. The van der Waals surface area contributed by atoms with Gasteiger partial charge in [-0.2, -0.15) is 0 Å². The largest absolute Gasteiger partial charge is 0.458 e. The molecule has 0 spiro atoms. The van der Waals surface area contributed by atoms with Crippen molar-refractivity contribution >= 4 is 38.5 Å². The summed E-state index contributed by atoms with van der Waals surface area (Å²) in [5, 5.41) is 3.71. The molecule has 0 aliphatic carbocycles. The number of hydrogen-bond donors (Lipinski definition) is 1. The van der Waals surface area contributed by atoms with E-state index >= 15 is 0 Å². The third-order valence-electron chi connectivity index (χ3n) is 2.68. The lowest BCUT2D eigenvalue weighted by molar-refractivity contribution is 0.515. The monoisotopic (exact) mass is 319 g/mol. The van der Waals surface area contributed by atoms with E-state index in [2.05, 4.69) is 21.2 Å². The molecule has 1 aromatic carbocycles. The lowest BCUT2D eigenvalue weighted by atomic mass is 10.1. The summed E-state index contributed by atoms with van der Waals surface area (Å²) in [6.45, 7) is 5.26. The molecule has 17 heavy (non-hydrogen) atoms. The first kappa shape index (κ1) is 12.9. The van der Waals surface area contributed by atoms with Crippen molar-refractivity contribution in [2.24, 2.45) is 0 Å². The van der Waals surface area contributed by atoms with Crippen molar-refractivity contribution in [1.29, 1.82) is 0 Å². The van der Waals surface area contributed by atoms with E-state index < -0.39 is 5.82 Å². The third kappa shape index (κ3) is 2.21. The molecule has 0 radical (unpaired) electrons. The van der Waals surface area contributed by atoms with Crippen LogP contribution in [0.4, 0.5) is 4.39 Å². The van der Waals surface area contributed by atoms with Crippen molar-refractivity contribution in [2.45, 2.75) is 20.4 Å². The second-order valence-electron chi connectivity index (χ2n) is 3.79. The van der Waals surface area contributed by atoms with Gasteiger partial charge < -0.3 is 9.73 Å². The van der Waals surface area contributed by atoms with Gasteiger partial charge in [0.1, 0.15) is 5.76 Å². The van der Waals surface area contributed by atoms with Crippen molar-refractivity contribution in [1.82, 2.24) is 5.32 Å². The van der Waals surface area contributed by atoms with Crippen molar-refractivity contribution in [3.8, 4) is 0 Å². The van der Waals surface area contributed by atoms with E-state index in [0.717, 1.165) is 17.9 Å². The summed E-state index contributed by atoms with van der Waals surface area (Å²) in [4.78, 5) is 0. The summed E-state index contributed by atoms with van der Waals surface area (Å²) in [5.41, 5.74) is 1.30. The summed E-state index contributed by atoms with van der Waals surface area (Å²) in [6, 6.07) is 1.51. The molecule has 0 bridgehead atoms. The van der Waals surface area contributed by atoms with Gasteiger partial charge in [-0.25, -0.2) is 4.39 Å². The minimum absolute atomic E-state index is 0.100. The van der Waals surface area contributed by atoms with Gasteiger partial charge in [0.25, 0.3) is 0 Å². The highest BCUT2D eigenvalue weighted by atomic mass is 79.9. The topological polar surface area (TPSA) is 25.2 Å². The smallest absolute Gasteiger partial charge is 0.153 e. The highest BCUT2D eigenvalue weighted by Gasteiger charge is 2.18.